The number of H-pyrrole nitrogens is 1. The SMILES string of the molecule is COc1ccc(OC)c([C@H]2C=C(c3c(-c4ccccc4)c4cc(Cl)ccc4[nH]c3=O)NN2S(C)(=O)=O)c1. The molecular formula is C27H24ClN3O5S. The first-order valence-electron chi connectivity index (χ1n) is 11.3. The van der Waals surface area contributed by atoms with Gasteiger partial charge in [0.2, 0.25) is 10.0 Å². The number of hydrogen-bond acceptors (Lipinski definition) is 6. The summed E-state index contributed by atoms with van der Waals surface area (Å²) >= 11 is 6.34. The Morgan fingerprint density at radius 2 is 1.70 bits per heavy atom. The van der Waals surface area contributed by atoms with E-state index in [1.54, 1.807) is 42.5 Å². The van der Waals surface area contributed by atoms with Crippen LogP contribution in [0.2, 0.25) is 5.02 Å². The van der Waals surface area contributed by atoms with Crippen molar-refractivity contribution in [3.63, 3.8) is 0 Å². The van der Waals surface area contributed by atoms with Crippen LogP contribution in [-0.4, -0.2) is 38.3 Å². The third kappa shape index (κ3) is 4.57. The third-order valence-corrected chi connectivity index (χ3v) is 7.50. The van der Waals surface area contributed by atoms with Gasteiger partial charge in [-0.05, 0) is 48.0 Å². The Morgan fingerprint density at radius 3 is 2.38 bits per heavy atom. The zero-order chi connectivity index (χ0) is 26.3. The summed E-state index contributed by atoms with van der Waals surface area (Å²) in [5.74, 6) is 1.01. The first-order valence-corrected chi connectivity index (χ1v) is 13.5. The van der Waals surface area contributed by atoms with Gasteiger partial charge >= 0.3 is 0 Å². The maximum atomic E-state index is 13.5. The average Bonchev–Trinajstić information content (AvgIpc) is 3.34. The Kier molecular flexibility index (Phi) is 6.45. The number of hydrogen-bond donors (Lipinski definition) is 2. The number of fused-ring (bicyclic) bond motifs is 1. The summed E-state index contributed by atoms with van der Waals surface area (Å²) in [5.41, 5.74) is 5.80. The van der Waals surface area contributed by atoms with Gasteiger partial charge in [0.1, 0.15) is 11.5 Å². The third-order valence-electron chi connectivity index (χ3n) is 6.23. The van der Waals surface area contributed by atoms with Crippen molar-refractivity contribution in [1.82, 2.24) is 14.8 Å². The van der Waals surface area contributed by atoms with Crippen molar-refractivity contribution < 1.29 is 17.9 Å². The van der Waals surface area contributed by atoms with E-state index in [0.29, 0.717) is 44.4 Å². The molecule has 0 radical (unpaired) electrons. The molecule has 0 amide bonds. The molecule has 2 heterocycles. The highest BCUT2D eigenvalue weighted by molar-refractivity contribution is 7.88. The monoisotopic (exact) mass is 537 g/mol. The van der Waals surface area contributed by atoms with Crippen LogP contribution in [0.3, 0.4) is 0 Å². The predicted molar refractivity (Wildman–Crippen MR) is 145 cm³/mol. The lowest BCUT2D eigenvalue weighted by molar-refractivity contribution is 0.335. The molecule has 37 heavy (non-hydrogen) atoms. The van der Waals surface area contributed by atoms with Crippen LogP contribution >= 0.6 is 11.6 Å². The molecule has 1 aliphatic heterocycles. The van der Waals surface area contributed by atoms with E-state index in [4.69, 9.17) is 21.1 Å². The molecule has 1 aliphatic rings. The molecule has 190 valence electrons. The number of aromatic amines is 1. The van der Waals surface area contributed by atoms with Crippen molar-refractivity contribution in [3.05, 3.63) is 99.3 Å². The predicted octanol–water partition coefficient (Wildman–Crippen LogP) is 4.73. The van der Waals surface area contributed by atoms with Gasteiger partial charge < -0.3 is 19.9 Å². The van der Waals surface area contributed by atoms with Crippen LogP contribution in [-0.2, 0) is 10.0 Å². The van der Waals surface area contributed by atoms with Gasteiger partial charge in [-0.15, -0.1) is 4.41 Å². The molecular weight excluding hydrogens is 514 g/mol. The van der Waals surface area contributed by atoms with Crippen LogP contribution < -0.4 is 20.5 Å². The van der Waals surface area contributed by atoms with E-state index in [-0.39, 0.29) is 5.56 Å². The van der Waals surface area contributed by atoms with Crippen molar-refractivity contribution in [1.29, 1.82) is 0 Å². The Hall–Kier alpha value is -3.79. The smallest absolute Gasteiger partial charge is 0.258 e. The summed E-state index contributed by atoms with van der Waals surface area (Å²) in [7, 11) is -0.748. The summed E-state index contributed by atoms with van der Waals surface area (Å²) in [6.07, 6.45) is 2.80. The fraction of sp³-hybridized carbons (Fsp3) is 0.148. The largest absolute Gasteiger partial charge is 0.497 e. The molecule has 0 bridgehead atoms. The number of halogens is 1. The minimum absolute atomic E-state index is 0.291. The molecule has 5 rings (SSSR count). The highest BCUT2D eigenvalue weighted by atomic mass is 35.5. The second-order valence-electron chi connectivity index (χ2n) is 8.56. The van der Waals surface area contributed by atoms with Crippen molar-refractivity contribution in [2.24, 2.45) is 0 Å². The molecule has 0 unspecified atom stereocenters. The number of pyridine rings is 1. The van der Waals surface area contributed by atoms with E-state index in [1.165, 1.54) is 14.2 Å². The van der Waals surface area contributed by atoms with Crippen LogP contribution in [0.1, 0.15) is 17.2 Å². The molecule has 0 saturated carbocycles. The zero-order valence-electron chi connectivity index (χ0n) is 20.3. The average molecular weight is 538 g/mol. The van der Waals surface area contributed by atoms with Crippen LogP contribution in [0.4, 0.5) is 0 Å². The van der Waals surface area contributed by atoms with Gasteiger partial charge in [-0.1, -0.05) is 41.9 Å². The second-order valence-corrected chi connectivity index (χ2v) is 10.9. The lowest BCUT2D eigenvalue weighted by Gasteiger charge is -2.24. The molecule has 3 aromatic carbocycles. The standard InChI is InChI=1S/C27H24ClN3O5S/c1-35-18-10-12-24(36-2)20(14-18)23-15-22(30-31(23)37(3,33)34)26-25(16-7-5-4-6-8-16)19-13-17(28)9-11-21(19)29-27(26)32/h4-15,23,30H,1-3H3,(H,29,32)/t23-/m1/s1. The molecule has 0 saturated heterocycles. The Morgan fingerprint density at radius 1 is 0.946 bits per heavy atom. The Balaban J connectivity index is 1.80. The number of rotatable bonds is 6. The number of hydrazine groups is 1. The molecule has 4 aromatic rings. The molecule has 10 heteroatoms. The van der Waals surface area contributed by atoms with Crippen molar-refractivity contribution in [3.8, 4) is 22.6 Å². The lowest BCUT2D eigenvalue weighted by atomic mass is 9.94. The van der Waals surface area contributed by atoms with Gasteiger partial charge in [0.25, 0.3) is 5.56 Å². The maximum Gasteiger partial charge on any atom is 0.258 e. The maximum absolute atomic E-state index is 13.5. The van der Waals surface area contributed by atoms with E-state index < -0.39 is 16.1 Å². The molecule has 0 fully saturated rings. The second kappa shape index (κ2) is 9.59. The summed E-state index contributed by atoms with van der Waals surface area (Å²) in [5, 5.41) is 1.23. The fourth-order valence-electron chi connectivity index (χ4n) is 4.59. The minimum atomic E-state index is -3.78. The number of benzene rings is 3. The normalized spacial score (nSPS) is 15.9. The van der Waals surface area contributed by atoms with Gasteiger partial charge in [-0.2, -0.15) is 0 Å². The number of aromatic nitrogens is 1. The molecule has 1 atom stereocenters. The molecule has 8 nitrogen and oxygen atoms in total. The van der Waals surface area contributed by atoms with Gasteiger partial charge in [0.15, 0.2) is 0 Å². The summed E-state index contributed by atoms with van der Waals surface area (Å²) in [6, 6.07) is 19.0. The molecule has 0 spiro atoms. The molecule has 2 N–H and O–H groups in total. The van der Waals surface area contributed by atoms with E-state index in [9.17, 15) is 13.2 Å². The lowest BCUT2D eigenvalue weighted by Crippen LogP contribution is -2.39. The number of nitrogens with zero attached hydrogens (tertiary/aromatic N) is 1. The number of ether oxygens (including phenoxy) is 2. The molecule has 1 aromatic heterocycles. The Bertz CT molecular complexity index is 1700. The van der Waals surface area contributed by atoms with Gasteiger partial charge in [0, 0.05) is 27.1 Å². The first-order chi connectivity index (χ1) is 17.7. The van der Waals surface area contributed by atoms with Crippen LogP contribution in [0.25, 0.3) is 27.7 Å². The number of sulfonamides is 1. The Labute approximate surface area is 219 Å². The van der Waals surface area contributed by atoms with Crippen molar-refractivity contribution >= 4 is 38.2 Å². The zero-order valence-corrected chi connectivity index (χ0v) is 21.9. The van der Waals surface area contributed by atoms with Crippen molar-refractivity contribution in [2.75, 3.05) is 20.5 Å². The first kappa shape index (κ1) is 24.9. The molecule has 0 aliphatic carbocycles. The van der Waals surface area contributed by atoms with Crippen LogP contribution in [0.5, 0.6) is 11.5 Å². The topological polar surface area (TPSA) is 101 Å². The quantitative estimate of drug-likeness (QED) is 0.369. The van der Waals surface area contributed by atoms with Crippen LogP contribution in [0, 0.1) is 0 Å². The summed E-state index contributed by atoms with van der Waals surface area (Å²) in [6.45, 7) is 0. The van der Waals surface area contributed by atoms with E-state index in [0.717, 1.165) is 21.6 Å². The number of nitrogens with one attached hydrogen (secondary N) is 2. The number of methoxy groups -OCH3 is 2. The van der Waals surface area contributed by atoms with Crippen molar-refractivity contribution in [2.45, 2.75) is 6.04 Å². The fourth-order valence-corrected chi connectivity index (χ4v) is 5.62. The van der Waals surface area contributed by atoms with Gasteiger partial charge in [-0.25, -0.2) is 8.42 Å². The van der Waals surface area contributed by atoms with Gasteiger partial charge in [0.05, 0.1) is 37.8 Å². The van der Waals surface area contributed by atoms with Gasteiger partial charge in [-0.3, -0.25) is 4.79 Å². The minimum Gasteiger partial charge on any atom is -0.497 e. The highest BCUT2D eigenvalue weighted by Crippen LogP contribution is 2.41. The van der Waals surface area contributed by atoms with Crippen LogP contribution in [0.15, 0.2) is 77.6 Å². The highest BCUT2D eigenvalue weighted by Gasteiger charge is 2.37. The summed E-state index contributed by atoms with van der Waals surface area (Å²) in [4.78, 5) is 16.5. The van der Waals surface area contributed by atoms with E-state index in [2.05, 4.69) is 10.4 Å². The summed E-state index contributed by atoms with van der Waals surface area (Å²) < 4.78 is 37.8. The van der Waals surface area contributed by atoms with E-state index in [1.807, 2.05) is 30.3 Å². The van der Waals surface area contributed by atoms with E-state index >= 15 is 0 Å².